The number of rotatable bonds is 5. The lowest BCUT2D eigenvalue weighted by molar-refractivity contribution is 0.113. The largest absolute Gasteiger partial charge is 0.359 e. The molecule has 0 unspecified atom stereocenters. The van der Waals surface area contributed by atoms with E-state index in [2.05, 4.69) is 19.9 Å². The molecule has 0 aliphatic carbocycles. The Kier molecular flexibility index (Phi) is 5.22. The second-order valence-electron chi connectivity index (χ2n) is 6.74. The van der Waals surface area contributed by atoms with E-state index in [0.29, 0.717) is 18.7 Å². The Morgan fingerprint density at radius 2 is 1.48 bits per heavy atom. The van der Waals surface area contributed by atoms with Gasteiger partial charge in [-0.3, -0.25) is 14.8 Å². The average molecular weight is 370 g/mol. The summed E-state index contributed by atoms with van der Waals surface area (Å²) in [4.78, 5) is 8.50. The van der Waals surface area contributed by atoms with Crippen molar-refractivity contribution in [3.63, 3.8) is 0 Å². The third kappa shape index (κ3) is 4.56. The number of pyridine rings is 1. The van der Waals surface area contributed by atoms with E-state index in [1.807, 2.05) is 18.2 Å². The third-order valence-electron chi connectivity index (χ3n) is 4.71. The maximum atomic E-state index is 13.3. The highest BCUT2D eigenvalue weighted by Gasteiger charge is 2.19. The molecule has 2 aromatic heterocycles. The first kappa shape index (κ1) is 17.8. The lowest BCUT2D eigenvalue weighted by Crippen LogP contribution is -2.45. The summed E-state index contributed by atoms with van der Waals surface area (Å²) in [5.41, 5.74) is 2.45. The van der Waals surface area contributed by atoms with E-state index in [1.165, 1.54) is 12.1 Å². The topological polar surface area (TPSA) is 45.4 Å². The van der Waals surface area contributed by atoms with Crippen molar-refractivity contribution in [2.45, 2.75) is 13.1 Å². The quantitative estimate of drug-likeness (QED) is 0.689. The van der Waals surface area contributed by atoms with Gasteiger partial charge in [0.25, 0.3) is 0 Å². The van der Waals surface area contributed by atoms with Crippen LogP contribution in [0.3, 0.4) is 0 Å². The van der Waals surface area contributed by atoms with E-state index in [0.717, 1.165) is 49.3 Å². The van der Waals surface area contributed by atoms with Gasteiger partial charge in [-0.15, -0.1) is 0 Å². The number of nitrogens with zero attached hydrogens (tertiary/aromatic N) is 4. The number of halogens is 2. The highest BCUT2D eigenvalue weighted by molar-refractivity contribution is 5.57. The summed E-state index contributed by atoms with van der Waals surface area (Å²) in [6, 6.07) is 9.44. The molecule has 0 amide bonds. The van der Waals surface area contributed by atoms with Crippen LogP contribution in [0.1, 0.15) is 11.3 Å². The van der Waals surface area contributed by atoms with Crippen LogP contribution in [0.4, 0.5) is 8.78 Å². The van der Waals surface area contributed by atoms with Gasteiger partial charge in [0.05, 0.1) is 6.54 Å². The molecule has 0 saturated carbocycles. The second kappa shape index (κ2) is 7.94. The van der Waals surface area contributed by atoms with Crippen LogP contribution < -0.4 is 0 Å². The van der Waals surface area contributed by atoms with Crippen molar-refractivity contribution in [1.29, 1.82) is 0 Å². The molecular formula is C20H20F2N4O. The zero-order valence-electron chi connectivity index (χ0n) is 14.8. The zero-order chi connectivity index (χ0) is 18.6. The van der Waals surface area contributed by atoms with Crippen LogP contribution in [0, 0.1) is 11.6 Å². The van der Waals surface area contributed by atoms with Crippen molar-refractivity contribution < 1.29 is 13.3 Å². The molecule has 27 heavy (non-hydrogen) atoms. The predicted octanol–water partition coefficient (Wildman–Crippen LogP) is 3.33. The number of piperazine rings is 1. The first-order valence-electron chi connectivity index (χ1n) is 8.91. The van der Waals surface area contributed by atoms with Gasteiger partial charge in [0.15, 0.2) is 5.76 Å². The molecule has 4 rings (SSSR count). The Morgan fingerprint density at radius 3 is 2.15 bits per heavy atom. The summed E-state index contributed by atoms with van der Waals surface area (Å²) in [5.74, 6) is -0.236. The fraction of sp³-hybridized carbons (Fsp3) is 0.300. The molecule has 0 N–H and O–H groups in total. The first-order chi connectivity index (χ1) is 13.2. The van der Waals surface area contributed by atoms with Crippen molar-refractivity contribution in [1.82, 2.24) is 19.9 Å². The standard InChI is InChI=1S/C20H20F2N4O/c21-17-9-15(10-18(22)11-17)13-25-5-7-26(8-6-25)14-19-12-20(24-27-19)16-1-3-23-4-2-16/h1-4,9-12H,5-8,13-14H2. The van der Waals surface area contributed by atoms with Gasteiger partial charge in [-0.1, -0.05) is 5.16 Å². The molecule has 0 radical (unpaired) electrons. The van der Waals surface area contributed by atoms with Crippen LogP contribution in [0.5, 0.6) is 0 Å². The van der Waals surface area contributed by atoms with E-state index in [9.17, 15) is 8.78 Å². The van der Waals surface area contributed by atoms with Gasteiger partial charge >= 0.3 is 0 Å². The van der Waals surface area contributed by atoms with Crippen LogP contribution >= 0.6 is 0 Å². The van der Waals surface area contributed by atoms with Crippen LogP contribution in [0.15, 0.2) is 53.3 Å². The summed E-state index contributed by atoms with van der Waals surface area (Å²) >= 11 is 0. The Labute approximate surface area is 156 Å². The maximum Gasteiger partial charge on any atom is 0.151 e. The van der Waals surface area contributed by atoms with Gasteiger partial charge in [-0.25, -0.2) is 8.78 Å². The monoisotopic (exact) mass is 370 g/mol. The molecule has 0 atom stereocenters. The Hall–Kier alpha value is -2.64. The van der Waals surface area contributed by atoms with Crippen LogP contribution in [-0.4, -0.2) is 46.1 Å². The van der Waals surface area contributed by atoms with Crippen molar-refractivity contribution >= 4 is 0 Å². The normalized spacial score (nSPS) is 15.9. The van der Waals surface area contributed by atoms with Crippen LogP contribution in [0.2, 0.25) is 0 Å². The highest BCUT2D eigenvalue weighted by atomic mass is 19.1. The van der Waals surface area contributed by atoms with Crippen molar-refractivity contribution in [3.8, 4) is 11.3 Å². The van der Waals surface area contributed by atoms with E-state index < -0.39 is 11.6 Å². The summed E-state index contributed by atoms with van der Waals surface area (Å²) in [5, 5.41) is 4.13. The zero-order valence-corrected chi connectivity index (χ0v) is 14.8. The lowest BCUT2D eigenvalue weighted by Gasteiger charge is -2.34. The van der Waals surface area contributed by atoms with Gasteiger partial charge in [0.2, 0.25) is 0 Å². The summed E-state index contributed by atoms with van der Waals surface area (Å²) in [6.45, 7) is 4.65. The molecule has 7 heteroatoms. The molecule has 1 aromatic carbocycles. The number of hydrogen-bond donors (Lipinski definition) is 0. The number of benzene rings is 1. The van der Waals surface area contributed by atoms with Gasteiger partial charge < -0.3 is 4.52 Å². The van der Waals surface area contributed by atoms with Crippen molar-refractivity contribution in [2.75, 3.05) is 26.2 Å². The fourth-order valence-electron chi connectivity index (χ4n) is 3.33. The molecule has 3 aromatic rings. The predicted molar refractivity (Wildman–Crippen MR) is 96.6 cm³/mol. The minimum atomic E-state index is -0.529. The van der Waals surface area contributed by atoms with Crippen LogP contribution in [0.25, 0.3) is 11.3 Å². The molecule has 140 valence electrons. The Morgan fingerprint density at radius 1 is 0.852 bits per heavy atom. The lowest BCUT2D eigenvalue weighted by atomic mass is 10.1. The minimum absolute atomic E-state index is 0.529. The Bertz CT molecular complexity index is 872. The van der Waals surface area contributed by atoms with Crippen molar-refractivity contribution in [2.24, 2.45) is 0 Å². The summed E-state index contributed by atoms with van der Waals surface area (Å²) < 4.78 is 32.1. The molecule has 0 spiro atoms. The van der Waals surface area contributed by atoms with Crippen LogP contribution in [-0.2, 0) is 13.1 Å². The molecule has 0 bridgehead atoms. The van der Waals surface area contributed by atoms with E-state index in [4.69, 9.17) is 4.52 Å². The van der Waals surface area contributed by atoms with Gasteiger partial charge in [0, 0.05) is 62.8 Å². The summed E-state index contributed by atoms with van der Waals surface area (Å²) in [7, 11) is 0. The fourth-order valence-corrected chi connectivity index (χ4v) is 3.33. The third-order valence-corrected chi connectivity index (χ3v) is 4.71. The smallest absolute Gasteiger partial charge is 0.151 e. The van der Waals surface area contributed by atoms with Gasteiger partial charge in [-0.05, 0) is 29.8 Å². The number of aromatic nitrogens is 2. The Balaban J connectivity index is 1.30. The molecule has 1 aliphatic heterocycles. The van der Waals surface area contributed by atoms with E-state index in [1.54, 1.807) is 12.4 Å². The SMILES string of the molecule is Fc1cc(F)cc(CN2CCN(Cc3cc(-c4ccncc4)no3)CC2)c1. The second-order valence-corrected chi connectivity index (χ2v) is 6.74. The average Bonchev–Trinajstić information content (AvgIpc) is 3.12. The molecule has 1 aliphatic rings. The molecule has 5 nitrogen and oxygen atoms in total. The molecule has 1 saturated heterocycles. The highest BCUT2D eigenvalue weighted by Crippen LogP contribution is 2.20. The summed E-state index contributed by atoms with van der Waals surface area (Å²) in [6.07, 6.45) is 3.46. The van der Waals surface area contributed by atoms with Crippen molar-refractivity contribution in [3.05, 3.63) is 71.8 Å². The maximum absolute atomic E-state index is 13.3. The van der Waals surface area contributed by atoms with Gasteiger partial charge in [-0.2, -0.15) is 0 Å². The molecule has 1 fully saturated rings. The number of hydrogen-bond acceptors (Lipinski definition) is 5. The van der Waals surface area contributed by atoms with Gasteiger partial charge in [0.1, 0.15) is 17.3 Å². The molecular weight excluding hydrogens is 350 g/mol. The van der Waals surface area contributed by atoms with E-state index >= 15 is 0 Å². The molecule has 3 heterocycles. The van der Waals surface area contributed by atoms with E-state index in [-0.39, 0.29) is 0 Å². The first-order valence-corrected chi connectivity index (χ1v) is 8.91. The minimum Gasteiger partial charge on any atom is -0.359 e.